The van der Waals surface area contributed by atoms with Crippen LogP contribution in [0.15, 0.2) is 77.5 Å². The monoisotopic (exact) mass is 459 g/mol. The number of rotatable bonds is 6. The molecule has 3 heterocycles. The molecule has 5 rings (SSSR count). The molecule has 0 radical (unpaired) electrons. The Balaban J connectivity index is 1.28. The maximum Gasteiger partial charge on any atom is 0.256 e. The van der Waals surface area contributed by atoms with E-state index in [2.05, 4.69) is 9.97 Å². The summed E-state index contributed by atoms with van der Waals surface area (Å²) in [6.07, 6.45) is 5.57. The summed E-state index contributed by atoms with van der Waals surface area (Å²) in [5.74, 6) is 0.406. The molecule has 1 fully saturated rings. The molecule has 1 aliphatic heterocycles. The third-order valence-corrected chi connectivity index (χ3v) is 6.04. The Morgan fingerprint density at radius 3 is 2.68 bits per heavy atom. The van der Waals surface area contributed by atoms with Crippen LogP contribution in [0.5, 0.6) is 0 Å². The van der Waals surface area contributed by atoms with Crippen molar-refractivity contribution in [2.24, 2.45) is 0 Å². The highest BCUT2D eigenvalue weighted by Gasteiger charge is 2.34. The Morgan fingerprint density at radius 1 is 1.00 bits per heavy atom. The minimum atomic E-state index is -0.293. The van der Waals surface area contributed by atoms with E-state index >= 15 is 0 Å². The highest BCUT2D eigenvalue weighted by atomic mass is 19.1. The zero-order valence-corrected chi connectivity index (χ0v) is 18.5. The molecule has 0 saturated carbocycles. The van der Waals surface area contributed by atoms with E-state index in [4.69, 9.17) is 4.42 Å². The lowest BCUT2D eigenvalue weighted by atomic mass is 10.1. The molecule has 0 spiro atoms. The van der Waals surface area contributed by atoms with Gasteiger partial charge in [0.1, 0.15) is 23.4 Å². The molecular weight excluding hydrogens is 436 g/mol. The molecule has 1 atom stereocenters. The van der Waals surface area contributed by atoms with Crippen molar-refractivity contribution < 1.29 is 18.0 Å². The molecule has 1 saturated heterocycles. The molecule has 2 aromatic heterocycles. The van der Waals surface area contributed by atoms with Gasteiger partial charge >= 0.3 is 0 Å². The average molecular weight is 459 g/mol. The molecule has 0 bridgehead atoms. The predicted molar refractivity (Wildman–Crippen MR) is 122 cm³/mol. The SMILES string of the molecule is O=C(c1ccc(Cc2ccccc2F)nc1)N1CCCC1c1ncc(Cc2cccc(F)c2)o1. The molecule has 0 N–H and O–H groups in total. The van der Waals surface area contributed by atoms with Gasteiger partial charge in [-0.3, -0.25) is 9.78 Å². The van der Waals surface area contributed by atoms with Crippen LogP contribution in [0.2, 0.25) is 0 Å². The summed E-state index contributed by atoms with van der Waals surface area (Å²) < 4.78 is 33.3. The fourth-order valence-electron chi connectivity index (χ4n) is 4.33. The van der Waals surface area contributed by atoms with Gasteiger partial charge in [-0.15, -0.1) is 0 Å². The van der Waals surface area contributed by atoms with Gasteiger partial charge < -0.3 is 9.32 Å². The van der Waals surface area contributed by atoms with Crippen molar-refractivity contribution in [3.63, 3.8) is 0 Å². The number of hydrogen-bond acceptors (Lipinski definition) is 4. The fourth-order valence-corrected chi connectivity index (χ4v) is 4.33. The quantitative estimate of drug-likeness (QED) is 0.382. The number of oxazole rings is 1. The van der Waals surface area contributed by atoms with E-state index in [1.54, 1.807) is 53.7 Å². The van der Waals surface area contributed by atoms with Crippen molar-refractivity contribution in [1.29, 1.82) is 0 Å². The molecule has 0 aliphatic carbocycles. The number of aromatic nitrogens is 2. The highest BCUT2D eigenvalue weighted by molar-refractivity contribution is 5.94. The maximum absolute atomic E-state index is 13.9. The van der Waals surface area contributed by atoms with Crippen LogP contribution in [0.1, 0.15) is 57.7 Å². The first-order valence-electron chi connectivity index (χ1n) is 11.2. The second kappa shape index (κ2) is 9.55. The van der Waals surface area contributed by atoms with Crippen LogP contribution < -0.4 is 0 Å². The van der Waals surface area contributed by atoms with E-state index in [-0.39, 0.29) is 23.6 Å². The summed E-state index contributed by atoms with van der Waals surface area (Å²) >= 11 is 0. The topological polar surface area (TPSA) is 59.2 Å². The summed E-state index contributed by atoms with van der Waals surface area (Å²) in [7, 11) is 0. The second-order valence-electron chi connectivity index (χ2n) is 8.43. The van der Waals surface area contributed by atoms with E-state index in [1.807, 2.05) is 6.07 Å². The highest BCUT2D eigenvalue weighted by Crippen LogP contribution is 2.33. The normalized spacial score (nSPS) is 15.6. The van der Waals surface area contributed by atoms with Crippen molar-refractivity contribution in [3.05, 3.63) is 119 Å². The van der Waals surface area contributed by atoms with Crippen LogP contribution in [0.25, 0.3) is 0 Å². The first-order chi connectivity index (χ1) is 16.6. The Hall–Kier alpha value is -3.87. The Labute approximate surface area is 196 Å². The number of benzene rings is 2. The van der Waals surface area contributed by atoms with Crippen LogP contribution in [0, 0.1) is 11.6 Å². The predicted octanol–water partition coefficient (Wildman–Crippen LogP) is 5.51. The van der Waals surface area contributed by atoms with Gasteiger partial charge in [0.15, 0.2) is 0 Å². The largest absolute Gasteiger partial charge is 0.443 e. The fraction of sp³-hybridized carbons (Fsp3) is 0.222. The molecule has 2 aromatic carbocycles. The molecule has 7 heteroatoms. The summed E-state index contributed by atoms with van der Waals surface area (Å²) in [4.78, 5) is 23.7. The lowest BCUT2D eigenvalue weighted by molar-refractivity contribution is 0.0714. The third kappa shape index (κ3) is 4.73. The maximum atomic E-state index is 13.9. The molecule has 4 aromatic rings. The standard InChI is InChI=1S/C27H23F2N3O2/c28-21-7-3-5-18(13-21)14-23-17-31-26(34-23)25-9-4-12-32(25)27(33)20-10-11-22(30-16-20)15-19-6-1-2-8-24(19)29/h1-3,5-8,10-11,13,16-17,25H,4,9,12,14-15H2. The molecule has 172 valence electrons. The molecular formula is C27H23F2N3O2. The van der Waals surface area contributed by atoms with Crippen LogP contribution in [-0.4, -0.2) is 27.3 Å². The third-order valence-electron chi connectivity index (χ3n) is 6.04. The number of hydrogen-bond donors (Lipinski definition) is 0. The van der Waals surface area contributed by atoms with E-state index in [1.165, 1.54) is 18.2 Å². The van der Waals surface area contributed by atoms with E-state index in [9.17, 15) is 13.6 Å². The van der Waals surface area contributed by atoms with E-state index < -0.39 is 0 Å². The zero-order chi connectivity index (χ0) is 23.5. The average Bonchev–Trinajstić information content (AvgIpc) is 3.50. The number of nitrogens with zero attached hydrogens (tertiary/aromatic N) is 3. The van der Waals surface area contributed by atoms with Crippen LogP contribution in [-0.2, 0) is 12.8 Å². The molecule has 1 unspecified atom stereocenters. The zero-order valence-electron chi connectivity index (χ0n) is 18.5. The molecule has 5 nitrogen and oxygen atoms in total. The number of pyridine rings is 1. The van der Waals surface area contributed by atoms with Gasteiger partial charge in [-0.2, -0.15) is 0 Å². The Morgan fingerprint density at radius 2 is 1.88 bits per heavy atom. The van der Waals surface area contributed by atoms with Crippen LogP contribution in [0.4, 0.5) is 8.78 Å². The van der Waals surface area contributed by atoms with Gasteiger partial charge in [0.2, 0.25) is 5.89 Å². The van der Waals surface area contributed by atoms with Crippen molar-refractivity contribution in [2.75, 3.05) is 6.54 Å². The molecule has 1 amide bonds. The Kier molecular flexibility index (Phi) is 6.16. The van der Waals surface area contributed by atoms with Crippen LogP contribution in [0.3, 0.4) is 0 Å². The summed E-state index contributed by atoms with van der Waals surface area (Å²) in [6.45, 7) is 0.599. The number of carbonyl (C=O) groups excluding carboxylic acids is 1. The summed E-state index contributed by atoms with van der Waals surface area (Å²) in [5, 5.41) is 0. The summed E-state index contributed by atoms with van der Waals surface area (Å²) in [5.41, 5.74) is 2.51. The van der Waals surface area contributed by atoms with Gasteiger partial charge in [-0.1, -0.05) is 30.3 Å². The van der Waals surface area contributed by atoms with Crippen LogP contribution >= 0.6 is 0 Å². The van der Waals surface area contributed by atoms with Gasteiger partial charge in [0.05, 0.1) is 11.8 Å². The first-order valence-corrected chi connectivity index (χ1v) is 11.2. The minimum Gasteiger partial charge on any atom is -0.443 e. The van der Waals surface area contributed by atoms with E-state index in [0.29, 0.717) is 47.9 Å². The van der Waals surface area contributed by atoms with Crippen molar-refractivity contribution in [1.82, 2.24) is 14.9 Å². The molecule has 34 heavy (non-hydrogen) atoms. The smallest absolute Gasteiger partial charge is 0.256 e. The van der Waals surface area contributed by atoms with E-state index in [0.717, 1.165) is 18.4 Å². The number of carbonyl (C=O) groups is 1. The van der Waals surface area contributed by atoms with Gasteiger partial charge in [0.25, 0.3) is 5.91 Å². The molecule has 1 aliphatic rings. The van der Waals surface area contributed by atoms with Crippen molar-refractivity contribution in [3.8, 4) is 0 Å². The lowest BCUT2D eigenvalue weighted by Crippen LogP contribution is -2.30. The van der Waals surface area contributed by atoms with Gasteiger partial charge in [0, 0.05) is 31.3 Å². The Bertz CT molecular complexity index is 1300. The first kappa shape index (κ1) is 21.9. The number of amides is 1. The minimum absolute atomic E-state index is 0.141. The lowest BCUT2D eigenvalue weighted by Gasteiger charge is -2.22. The summed E-state index contributed by atoms with van der Waals surface area (Å²) in [6, 6.07) is 16.2. The van der Waals surface area contributed by atoms with Gasteiger partial charge in [-0.05, 0) is 54.3 Å². The number of halogens is 2. The van der Waals surface area contributed by atoms with Crippen molar-refractivity contribution in [2.45, 2.75) is 31.7 Å². The van der Waals surface area contributed by atoms with Crippen molar-refractivity contribution >= 4 is 5.91 Å². The second-order valence-corrected chi connectivity index (χ2v) is 8.43. The van der Waals surface area contributed by atoms with Gasteiger partial charge in [-0.25, -0.2) is 13.8 Å². The number of likely N-dealkylation sites (tertiary alicyclic amines) is 1.